The summed E-state index contributed by atoms with van der Waals surface area (Å²) in [4.78, 5) is 25.2. The number of benzene rings is 2. The number of nitrogens with zero attached hydrogens (tertiary/aromatic N) is 1. The van der Waals surface area contributed by atoms with E-state index < -0.39 is 17.2 Å². The normalized spacial score (nSPS) is 10.9. The number of carbonyl (C=O) groups is 1. The third-order valence-corrected chi connectivity index (χ3v) is 4.54. The number of hydrogen-bond acceptors (Lipinski definition) is 2. The third-order valence-electron chi connectivity index (χ3n) is 3.81. The predicted molar refractivity (Wildman–Crippen MR) is 101 cm³/mol. The molecule has 4 nitrogen and oxygen atoms in total. The average Bonchev–Trinajstić information content (AvgIpc) is 2.58. The van der Waals surface area contributed by atoms with Crippen LogP contribution in [0.5, 0.6) is 0 Å². The zero-order valence-corrected chi connectivity index (χ0v) is 15.5. The first-order valence-corrected chi connectivity index (χ1v) is 8.67. The van der Waals surface area contributed by atoms with Crippen LogP contribution >= 0.6 is 27.5 Å². The molecule has 3 aromatic rings. The molecule has 2 aromatic carbocycles. The van der Waals surface area contributed by atoms with Gasteiger partial charge in [-0.2, -0.15) is 0 Å². The Hall–Kier alpha value is -2.18. The van der Waals surface area contributed by atoms with Gasteiger partial charge in [0.1, 0.15) is 11.4 Å². The van der Waals surface area contributed by atoms with Gasteiger partial charge < -0.3 is 9.88 Å². The van der Waals surface area contributed by atoms with Gasteiger partial charge in [-0.15, -0.1) is 0 Å². The molecule has 0 radical (unpaired) electrons. The quantitative estimate of drug-likeness (QED) is 0.656. The molecule has 0 aliphatic rings. The lowest BCUT2D eigenvalue weighted by Crippen LogP contribution is -2.24. The smallest absolute Gasteiger partial charge is 0.261 e. The van der Waals surface area contributed by atoms with Crippen molar-refractivity contribution in [2.24, 2.45) is 0 Å². The van der Waals surface area contributed by atoms with Crippen LogP contribution in [0.2, 0.25) is 5.02 Å². The number of nitrogens with one attached hydrogen (secondary N) is 1. The summed E-state index contributed by atoms with van der Waals surface area (Å²) in [5.41, 5.74) is 0.168. The van der Waals surface area contributed by atoms with E-state index in [2.05, 4.69) is 21.2 Å². The van der Waals surface area contributed by atoms with Crippen LogP contribution in [0.1, 0.15) is 17.3 Å². The molecule has 1 N–H and O–H groups in total. The number of halogens is 3. The van der Waals surface area contributed by atoms with Crippen LogP contribution in [0.4, 0.5) is 10.1 Å². The second kappa shape index (κ2) is 6.98. The number of aryl methyl sites for hydroxylation is 1. The van der Waals surface area contributed by atoms with E-state index in [0.29, 0.717) is 26.9 Å². The molecule has 0 atom stereocenters. The second-order valence-electron chi connectivity index (χ2n) is 5.40. The van der Waals surface area contributed by atoms with Gasteiger partial charge in [0.25, 0.3) is 5.91 Å². The molecule has 128 valence electrons. The SMILES string of the molecule is CCn1cc(C(=O)Nc2ccc(Br)cc2F)c(=O)c2cc(Cl)ccc21. The van der Waals surface area contributed by atoms with Gasteiger partial charge in [0.05, 0.1) is 11.2 Å². The summed E-state index contributed by atoms with van der Waals surface area (Å²) in [5.74, 6) is -1.27. The Kier molecular flexibility index (Phi) is 4.92. The summed E-state index contributed by atoms with van der Waals surface area (Å²) in [6, 6.07) is 9.21. The fourth-order valence-electron chi connectivity index (χ4n) is 2.57. The van der Waals surface area contributed by atoms with E-state index in [9.17, 15) is 14.0 Å². The molecule has 1 heterocycles. The van der Waals surface area contributed by atoms with Crippen LogP contribution in [0.3, 0.4) is 0 Å². The summed E-state index contributed by atoms with van der Waals surface area (Å²) in [6.07, 6.45) is 1.48. The Balaban J connectivity index is 2.10. The van der Waals surface area contributed by atoms with Gasteiger partial charge in [-0.05, 0) is 43.3 Å². The largest absolute Gasteiger partial charge is 0.347 e. The van der Waals surface area contributed by atoms with Crippen molar-refractivity contribution in [3.8, 4) is 0 Å². The molecule has 0 fully saturated rings. The van der Waals surface area contributed by atoms with Crippen LogP contribution in [-0.4, -0.2) is 10.5 Å². The average molecular weight is 424 g/mol. The molecule has 0 saturated heterocycles. The maximum absolute atomic E-state index is 13.9. The van der Waals surface area contributed by atoms with Crippen molar-refractivity contribution < 1.29 is 9.18 Å². The lowest BCUT2D eigenvalue weighted by atomic mass is 10.1. The van der Waals surface area contributed by atoms with Gasteiger partial charge in [-0.1, -0.05) is 27.5 Å². The summed E-state index contributed by atoms with van der Waals surface area (Å²) < 4.78 is 16.3. The summed E-state index contributed by atoms with van der Waals surface area (Å²) in [5, 5.41) is 3.20. The molecule has 1 amide bonds. The highest BCUT2D eigenvalue weighted by Crippen LogP contribution is 2.21. The van der Waals surface area contributed by atoms with Gasteiger partial charge in [0.2, 0.25) is 5.43 Å². The molecule has 7 heteroatoms. The molecule has 1 aromatic heterocycles. The minimum atomic E-state index is -0.671. The summed E-state index contributed by atoms with van der Waals surface area (Å²) in [7, 11) is 0. The molecule has 3 rings (SSSR count). The number of rotatable bonds is 3. The highest BCUT2D eigenvalue weighted by Gasteiger charge is 2.17. The fourth-order valence-corrected chi connectivity index (χ4v) is 3.08. The van der Waals surface area contributed by atoms with Gasteiger partial charge >= 0.3 is 0 Å². The lowest BCUT2D eigenvalue weighted by molar-refractivity contribution is 0.102. The van der Waals surface area contributed by atoms with Crippen LogP contribution in [0.25, 0.3) is 10.9 Å². The number of fused-ring (bicyclic) bond motifs is 1. The first-order chi connectivity index (χ1) is 11.9. The van der Waals surface area contributed by atoms with Crippen molar-refractivity contribution in [3.63, 3.8) is 0 Å². The number of carbonyl (C=O) groups excluding carboxylic acids is 1. The van der Waals surface area contributed by atoms with Crippen molar-refractivity contribution in [3.05, 3.63) is 73.7 Å². The van der Waals surface area contributed by atoms with Crippen LogP contribution in [0, 0.1) is 5.82 Å². The molecule has 0 aliphatic carbocycles. The van der Waals surface area contributed by atoms with Crippen LogP contribution in [0.15, 0.2) is 51.9 Å². The minimum absolute atomic E-state index is 0.00170. The van der Waals surface area contributed by atoms with Crippen LogP contribution in [-0.2, 0) is 6.54 Å². The second-order valence-corrected chi connectivity index (χ2v) is 6.75. The van der Waals surface area contributed by atoms with Crippen molar-refractivity contribution in [2.75, 3.05) is 5.32 Å². The van der Waals surface area contributed by atoms with Gasteiger partial charge in [-0.3, -0.25) is 9.59 Å². The Morgan fingerprint density at radius 3 is 2.72 bits per heavy atom. The molecule has 0 aliphatic heterocycles. The van der Waals surface area contributed by atoms with Crippen LogP contribution < -0.4 is 10.7 Å². The number of amides is 1. The van der Waals surface area contributed by atoms with Gasteiger partial charge in [0, 0.05) is 27.6 Å². The monoisotopic (exact) mass is 422 g/mol. The molecule has 0 spiro atoms. The van der Waals surface area contributed by atoms with Crippen molar-refractivity contribution in [1.29, 1.82) is 0 Å². The van der Waals surface area contributed by atoms with E-state index >= 15 is 0 Å². The Morgan fingerprint density at radius 1 is 1.28 bits per heavy atom. The standard InChI is InChI=1S/C18H13BrClFN2O2/c1-2-23-9-13(17(24)12-8-11(20)4-6-16(12)23)18(25)22-15-5-3-10(19)7-14(15)21/h3-9H,2H2,1H3,(H,22,25). The van der Waals surface area contributed by atoms with Crippen molar-refractivity contribution >= 4 is 50.0 Å². The molecular weight excluding hydrogens is 411 g/mol. The third kappa shape index (κ3) is 3.45. The van der Waals surface area contributed by atoms with E-state index in [0.717, 1.165) is 0 Å². The predicted octanol–water partition coefficient (Wildman–Crippen LogP) is 4.83. The highest BCUT2D eigenvalue weighted by atomic mass is 79.9. The van der Waals surface area contributed by atoms with Crippen molar-refractivity contribution in [1.82, 2.24) is 4.57 Å². The number of pyridine rings is 1. The topological polar surface area (TPSA) is 51.1 Å². The Bertz CT molecular complexity index is 1050. The van der Waals surface area contributed by atoms with Gasteiger partial charge in [-0.25, -0.2) is 4.39 Å². The summed E-state index contributed by atoms with van der Waals surface area (Å²) >= 11 is 9.13. The van der Waals surface area contributed by atoms with E-state index in [4.69, 9.17) is 11.6 Å². The molecule has 0 saturated carbocycles. The molecular formula is C18H13BrClFN2O2. The van der Waals surface area contributed by atoms with E-state index in [1.54, 1.807) is 22.8 Å². The first-order valence-electron chi connectivity index (χ1n) is 7.50. The number of aromatic nitrogens is 1. The Labute approximate surface area is 156 Å². The van der Waals surface area contributed by atoms with E-state index in [1.165, 1.54) is 24.4 Å². The minimum Gasteiger partial charge on any atom is -0.347 e. The fraction of sp³-hybridized carbons (Fsp3) is 0.111. The molecule has 0 bridgehead atoms. The zero-order valence-electron chi connectivity index (χ0n) is 13.1. The maximum atomic E-state index is 13.9. The molecule has 25 heavy (non-hydrogen) atoms. The molecule has 0 unspecified atom stereocenters. The number of anilines is 1. The van der Waals surface area contributed by atoms with Gasteiger partial charge in [0.15, 0.2) is 0 Å². The van der Waals surface area contributed by atoms with E-state index in [1.807, 2.05) is 6.92 Å². The first kappa shape index (κ1) is 17.6. The van der Waals surface area contributed by atoms with E-state index in [-0.39, 0.29) is 11.3 Å². The number of hydrogen-bond donors (Lipinski definition) is 1. The lowest BCUT2D eigenvalue weighted by Gasteiger charge is -2.12. The Morgan fingerprint density at radius 2 is 2.04 bits per heavy atom. The zero-order chi connectivity index (χ0) is 18.1. The van der Waals surface area contributed by atoms with Crippen molar-refractivity contribution in [2.45, 2.75) is 13.5 Å². The summed E-state index contributed by atoms with van der Waals surface area (Å²) in [6.45, 7) is 2.46. The maximum Gasteiger partial charge on any atom is 0.261 e. The highest BCUT2D eigenvalue weighted by molar-refractivity contribution is 9.10.